The number of amides is 1. The molecule has 2 aromatic rings. The number of furan rings is 1. The molecule has 128 valence electrons. The fourth-order valence-electron chi connectivity index (χ4n) is 1.89. The third-order valence-corrected chi connectivity index (χ3v) is 3.00. The molecule has 1 N–H and O–H groups in total. The molecule has 0 bridgehead atoms. The highest BCUT2D eigenvalue weighted by atomic mass is 19.4. The monoisotopic (exact) mass is 345 g/mol. The van der Waals surface area contributed by atoms with Gasteiger partial charge in [-0.15, -0.1) is 0 Å². The van der Waals surface area contributed by atoms with Gasteiger partial charge < -0.3 is 14.5 Å². The topological polar surface area (TPSA) is 68.5 Å². The van der Waals surface area contributed by atoms with E-state index in [0.717, 1.165) is 19.2 Å². The van der Waals surface area contributed by atoms with Crippen LogP contribution in [0, 0.1) is 5.82 Å². The first kappa shape index (κ1) is 17.5. The minimum Gasteiger partial charge on any atom is -0.463 e. The molecule has 2 rings (SSSR count). The Hall–Kier alpha value is -2.84. The molecular formula is C15H11F4NO4. The number of esters is 1. The van der Waals surface area contributed by atoms with Crippen molar-refractivity contribution in [1.82, 2.24) is 5.32 Å². The molecule has 1 aromatic heterocycles. The van der Waals surface area contributed by atoms with Gasteiger partial charge in [0, 0.05) is 0 Å². The second-order valence-corrected chi connectivity index (χ2v) is 4.63. The zero-order valence-electron chi connectivity index (χ0n) is 12.2. The number of rotatable bonds is 4. The largest absolute Gasteiger partial charge is 0.463 e. The summed E-state index contributed by atoms with van der Waals surface area (Å²) in [5.74, 6) is -2.87. The Balaban J connectivity index is 2.13. The maximum atomic E-state index is 13.0. The molecule has 0 saturated carbocycles. The third-order valence-electron chi connectivity index (χ3n) is 3.00. The summed E-state index contributed by atoms with van der Waals surface area (Å²) in [4.78, 5) is 23.1. The zero-order chi connectivity index (χ0) is 17.9. The highest BCUT2D eigenvalue weighted by Crippen LogP contribution is 2.32. The molecule has 0 unspecified atom stereocenters. The number of halogens is 4. The van der Waals surface area contributed by atoms with Crippen molar-refractivity contribution in [2.75, 3.05) is 7.11 Å². The summed E-state index contributed by atoms with van der Waals surface area (Å²) in [7, 11) is 1.15. The van der Waals surface area contributed by atoms with E-state index in [-0.39, 0.29) is 24.1 Å². The number of methoxy groups -OCH3 is 1. The van der Waals surface area contributed by atoms with Crippen LogP contribution >= 0.6 is 0 Å². The van der Waals surface area contributed by atoms with Crippen molar-refractivity contribution in [1.29, 1.82) is 0 Å². The predicted octanol–water partition coefficient (Wildman–Crippen LogP) is 3.15. The van der Waals surface area contributed by atoms with Crippen molar-refractivity contribution in [3.63, 3.8) is 0 Å². The number of ether oxygens (including phenoxy) is 1. The second kappa shape index (κ2) is 6.73. The molecule has 0 fully saturated rings. The standard InChI is InChI=1S/C15H11F4NO4/c1-23-14(22)12-5-3-9(24-12)7-20-13(21)10-4-2-8(16)6-11(10)15(17,18)19/h2-6H,7H2,1H3,(H,20,21). The van der Waals surface area contributed by atoms with Gasteiger partial charge in [0.05, 0.1) is 24.8 Å². The number of carbonyl (C=O) groups is 2. The Bertz CT molecular complexity index is 767. The minimum absolute atomic E-state index is 0.112. The molecule has 0 saturated heterocycles. The molecular weight excluding hydrogens is 334 g/mol. The lowest BCUT2D eigenvalue weighted by Crippen LogP contribution is -2.26. The van der Waals surface area contributed by atoms with Gasteiger partial charge in [-0.1, -0.05) is 0 Å². The number of benzene rings is 1. The Labute approximate surface area is 133 Å². The van der Waals surface area contributed by atoms with E-state index in [1.54, 1.807) is 0 Å². The maximum absolute atomic E-state index is 13.0. The van der Waals surface area contributed by atoms with Gasteiger partial charge in [0.1, 0.15) is 11.6 Å². The van der Waals surface area contributed by atoms with Crippen LogP contribution in [0.5, 0.6) is 0 Å². The fraction of sp³-hybridized carbons (Fsp3) is 0.200. The average molecular weight is 345 g/mol. The van der Waals surface area contributed by atoms with Crippen LogP contribution in [0.1, 0.15) is 32.2 Å². The van der Waals surface area contributed by atoms with E-state index in [1.165, 1.54) is 12.1 Å². The van der Waals surface area contributed by atoms with Crippen molar-refractivity contribution in [2.24, 2.45) is 0 Å². The van der Waals surface area contributed by atoms with E-state index >= 15 is 0 Å². The quantitative estimate of drug-likeness (QED) is 0.683. The van der Waals surface area contributed by atoms with Crippen LogP contribution in [0.15, 0.2) is 34.7 Å². The SMILES string of the molecule is COC(=O)c1ccc(CNC(=O)c2ccc(F)cc2C(F)(F)F)o1. The van der Waals surface area contributed by atoms with Gasteiger partial charge in [0.2, 0.25) is 5.76 Å². The first-order valence-corrected chi connectivity index (χ1v) is 6.54. The molecule has 9 heteroatoms. The molecule has 0 aliphatic rings. The lowest BCUT2D eigenvalue weighted by Gasteiger charge is -2.12. The van der Waals surface area contributed by atoms with Crippen LogP contribution < -0.4 is 5.32 Å². The molecule has 5 nitrogen and oxygen atoms in total. The highest BCUT2D eigenvalue weighted by Gasteiger charge is 2.35. The van der Waals surface area contributed by atoms with E-state index in [0.29, 0.717) is 0 Å². The maximum Gasteiger partial charge on any atom is 0.417 e. The number of alkyl halides is 3. The van der Waals surface area contributed by atoms with Crippen molar-refractivity contribution < 1.29 is 36.3 Å². The fourth-order valence-corrected chi connectivity index (χ4v) is 1.89. The van der Waals surface area contributed by atoms with E-state index in [9.17, 15) is 27.2 Å². The van der Waals surface area contributed by atoms with Crippen molar-refractivity contribution in [3.8, 4) is 0 Å². The average Bonchev–Trinajstić information content (AvgIpc) is 3.00. The Morgan fingerprint density at radius 1 is 1.21 bits per heavy atom. The molecule has 0 aliphatic carbocycles. The Morgan fingerprint density at radius 3 is 2.54 bits per heavy atom. The normalized spacial score (nSPS) is 11.2. The number of nitrogens with one attached hydrogen (secondary N) is 1. The summed E-state index contributed by atoms with van der Waals surface area (Å²) >= 11 is 0. The van der Waals surface area contributed by atoms with Crippen molar-refractivity contribution in [3.05, 3.63) is 58.8 Å². The number of hydrogen-bond donors (Lipinski definition) is 1. The zero-order valence-corrected chi connectivity index (χ0v) is 12.2. The minimum atomic E-state index is -4.88. The van der Waals surface area contributed by atoms with Gasteiger partial charge in [0.15, 0.2) is 0 Å². The van der Waals surface area contributed by atoms with Crippen LogP contribution in [-0.2, 0) is 17.5 Å². The summed E-state index contributed by atoms with van der Waals surface area (Å²) in [5.41, 5.74) is -2.10. The summed E-state index contributed by atoms with van der Waals surface area (Å²) in [6, 6.07) is 4.41. The molecule has 24 heavy (non-hydrogen) atoms. The lowest BCUT2D eigenvalue weighted by molar-refractivity contribution is -0.138. The Morgan fingerprint density at radius 2 is 1.92 bits per heavy atom. The van der Waals surface area contributed by atoms with Crippen molar-refractivity contribution in [2.45, 2.75) is 12.7 Å². The molecule has 1 amide bonds. The first-order chi connectivity index (χ1) is 11.2. The molecule has 0 atom stereocenters. The Kier molecular flexibility index (Phi) is 4.91. The summed E-state index contributed by atoms with van der Waals surface area (Å²) in [6.07, 6.45) is -4.88. The summed E-state index contributed by atoms with van der Waals surface area (Å²) < 4.78 is 61.1. The van der Waals surface area contributed by atoms with E-state index in [1.807, 2.05) is 0 Å². The van der Waals surface area contributed by atoms with Gasteiger partial charge in [-0.3, -0.25) is 4.79 Å². The number of hydrogen-bond acceptors (Lipinski definition) is 4. The van der Waals surface area contributed by atoms with E-state index < -0.39 is 35.0 Å². The smallest absolute Gasteiger partial charge is 0.417 e. The van der Waals surface area contributed by atoms with Crippen LogP contribution in [0.3, 0.4) is 0 Å². The third kappa shape index (κ3) is 3.92. The van der Waals surface area contributed by atoms with Gasteiger partial charge in [-0.2, -0.15) is 13.2 Å². The summed E-state index contributed by atoms with van der Waals surface area (Å²) in [6.45, 7) is -0.259. The molecule has 1 aromatic carbocycles. The van der Waals surface area contributed by atoms with Crippen LogP contribution in [0.2, 0.25) is 0 Å². The van der Waals surface area contributed by atoms with E-state index in [2.05, 4.69) is 10.1 Å². The van der Waals surface area contributed by atoms with E-state index in [4.69, 9.17) is 4.42 Å². The molecule has 0 radical (unpaired) electrons. The van der Waals surface area contributed by atoms with Crippen LogP contribution in [0.4, 0.5) is 17.6 Å². The van der Waals surface area contributed by atoms with Gasteiger partial charge >= 0.3 is 12.1 Å². The highest BCUT2D eigenvalue weighted by molar-refractivity contribution is 5.95. The van der Waals surface area contributed by atoms with Crippen LogP contribution in [-0.4, -0.2) is 19.0 Å². The summed E-state index contributed by atoms with van der Waals surface area (Å²) in [5, 5.41) is 2.21. The molecule has 0 aliphatic heterocycles. The van der Waals surface area contributed by atoms with Crippen molar-refractivity contribution >= 4 is 11.9 Å². The molecule has 1 heterocycles. The van der Waals surface area contributed by atoms with Gasteiger partial charge in [-0.25, -0.2) is 9.18 Å². The van der Waals surface area contributed by atoms with Crippen LogP contribution in [0.25, 0.3) is 0 Å². The predicted molar refractivity (Wildman–Crippen MR) is 72.6 cm³/mol. The first-order valence-electron chi connectivity index (χ1n) is 6.54. The second-order valence-electron chi connectivity index (χ2n) is 4.63. The van der Waals surface area contributed by atoms with Gasteiger partial charge in [0.25, 0.3) is 5.91 Å². The molecule has 0 spiro atoms. The lowest BCUT2D eigenvalue weighted by atomic mass is 10.1. The number of carbonyl (C=O) groups excluding carboxylic acids is 2. The van der Waals surface area contributed by atoms with Gasteiger partial charge in [-0.05, 0) is 30.3 Å².